The third-order valence-electron chi connectivity index (χ3n) is 3.53. The second kappa shape index (κ2) is 6.89. The van der Waals surface area contributed by atoms with Gasteiger partial charge >= 0.3 is 0 Å². The second-order valence-electron chi connectivity index (χ2n) is 6.27. The number of nitrogens with one attached hydrogen (secondary N) is 1. The summed E-state index contributed by atoms with van der Waals surface area (Å²) in [5.41, 5.74) is -0.462. The zero-order valence-corrected chi connectivity index (χ0v) is 13.8. The van der Waals surface area contributed by atoms with Crippen LogP contribution in [0.5, 0.6) is 17.2 Å². The Hall–Kier alpha value is -2.24. The molecule has 0 radical (unpaired) electrons. The number of aromatic hydroxyl groups is 1. The molecule has 0 unspecified atom stereocenters. The number of amides is 1. The summed E-state index contributed by atoms with van der Waals surface area (Å²) in [6.45, 7) is 6.11. The summed E-state index contributed by atoms with van der Waals surface area (Å²) in [5, 5.41) is 12.8. The van der Waals surface area contributed by atoms with Crippen molar-refractivity contribution in [2.75, 3.05) is 13.2 Å². The molecule has 0 spiro atoms. The summed E-state index contributed by atoms with van der Waals surface area (Å²) >= 11 is 0. The van der Waals surface area contributed by atoms with Crippen LogP contribution in [0.3, 0.4) is 0 Å². The number of hydrogen-bond donors (Lipinski definition) is 2. The Balaban J connectivity index is 2.06. The number of ether oxygens (including phenoxy) is 2. The third-order valence-corrected chi connectivity index (χ3v) is 3.53. The van der Waals surface area contributed by atoms with E-state index in [0.29, 0.717) is 6.54 Å². The van der Waals surface area contributed by atoms with Gasteiger partial charge in [0.05, 0.1) is 6.42 Å². The average molecular weight is 321 g/mol. The van der Waals surface area contributed by atoms with Crippen LogP contribution in [0.2, 0.25) is 0 Å². The van der Waals surface area contributed by atoms with Crippen LogP contribution in [0.25, 0.3) is 0 Å². The van der Waals surface area contributed by atoms with Crippen molar-refractivity contribution in [2.45, 2.75) is 45.6 Å². The lowest BCUT2D eigenvalue weighted by atomic mass is 9.92. The van der Waals surface area contributed by atoms with Crippen LogP contribution in [-0.2, 0) is 4.79 Å². The van der Waals surface area contributed by atoms with Crippen molar-refractivity contribution >= 4 is 11.7 Å². The molecule has 6 nitrogen and oxygen atoms in total. The maximum atomic E-state index is 12.1. The minimum atomic E-state index is -0.632. The molecule has 0 aromatic heterocycles. The Morgan fingerprint density at radius 3 is 2.87 bits per heavy atom. The number of fused-ring (bicyclic) bond motifs is 1. The van der Waals surface area contributed by atoms with Gasteiger partial charge in [0.1, 0.15) is 28.4 Å². The fourth-order valence-electron chi connectivity index (χ4n) is 2.43. The average Bonchev–Trinajstić information content (AvgIpc) is 2.43. The van der Waals surface area contributed by atoms with Gasteiger partial charge in [0.2, 0.25) is 0 Å². The van der Waals surface area contributed by atoms with Gasteiger partial charge in [-0.3, -0.25) is 9.59 Å². The van der Waals surface area contributed by atoms with Crippen molar-refractivity contribution in [3.8, 4) is 17.2 Å². The highest BCUT2D eigenvalue weighted by Gasteiger charge is 2.34. The van der Waals surface area contributed by atoms with Crippen LogP contribution in [-0.4, -0.2) is 35.5 Å². The Labute approximate surface area is 135 Å². The summed E-state index contributed by atoms with van der Waals surface area (Å²) in [7, 11) is 0. The molecule has 1 aliphatic rings. The normalized spacial score (nSPS) is 15.5. The summed E-state index contributed by atoms with van der Waals surface area (Å²) in [6.07, 6.45) is 2.12. The highest BCUT2D eigenvalue weighted by molar-refractivity contribution is 6.03. The first-order chi connectivity index (χ1) is 10.8. The molecular formula is C17H23NO5. The molecule has 6 heteroatoms. The lowest BCUT2D eigenvalue weighted by Gasteiger charge is -2.32. The predicted octanol–water partition coefficient (Wildman–Crippen LogP) is 2.43. The van der Waals surface area contributed by atoms with E-state index in [9.17, 15) is 14.7 Å². The summed E-state index contributed by atoms with van der Waals surface area (Å²) in [5.74, 6) is -0.0139. The smallest absolute Gasteiger partial charge is 0.257 e. The van der Waals surface area contributed by atoms with Gasteiger partial charge in [-0.1, -0.05) is 13.3 Å². The molecule has 0 bridgehead atoms. The van der Waals surface area contributed by atoms with Gasteiger partial charge < -0.3 is 19.9 Å². The first-order valence-corrected chi connectivity index (χ1v) is 7.81. The quantitative estimate of drug-likeness (QED) is 0.786. The highest BCUT2D eigenvalue weighted by atomic mass is 16.5. The summed E-state index contributed by atoms with van der Waals surface area (Å²) < 4.78 is 11.1. The molecule has 1 aromatic rings. The van der Waals surface area contributed by atoms with E-state index in [0.717, 1.165) is 12.8 Å². The number of unbranched alkanes of at least 4 members (excludes halogenated alkanes) is 1. The van der Waals surface area contributed by atoms with Gasteiger partial charge in [0.15, 0.2) is 12.4 Å². The van der Waals surface area contributed by atoms with E-state index in [2.05, 4.69) is 5.32 Å². The highest BCUT2D eigenvalue weighted by Crippen LogP contribution is 2.40. The molecule has 1 heterocycles. The van der Waals surface area contributed by atoms with Crippen LogP contribution in [0, 0.1) is 0 Å². The van der Waals surface area contributed by atoms with Gasteiger partial charge in [-0.25, -0.2) is 0 Å². The largest absolute Gasteiger partial charge is 0.507 e. The number of phenolic OH excluding ortho intramolecular Hbond substituents is 1. The van der Waals surface area contributed by atoms with Crippen molar-refractivity contribution in [1.29, 1.82) is 0 Å². The zero-order chi connectivity index (χ0) is 17.0. The van der Waals surface area contributed by atoms with E-state index in [-0.39, 0.29) is 47.5 Å². The lowest BCUT2D eigenvalue weighted by Crippen LogP contribution is -2.36. The van der Waals surface area contributed by atoms with Crippen molar-refractivity contribution < 1.29 is 24.2 Å². The Morgan fingerprint density at radius 2 is 2.17 bits per heavy atom. The van der Waals surface area contributed by atoms with Crippen LogP contribution in [0.4, 0.5) is 0 Å². The fourth-order valence-corrected chi connectivity index (χ4v) is 2.43. The molecule has 0 aliphatic carbocycles. The molecule has 2 N–H and O–H groups in total. The maximum Gasteiger partial charge on any atom is 0.257 e. The number of phenols is 1. The molecule has 0 saturated carbocycles. The van der Waals surface area contributed by atoms with E-state index in [1.807, 2.05) is 6.92 Å². The molecule has 23 heavy (non-hydrogen) atoms. The molecular weight excluding hydrogens is 298 g/mol. The first-order valence-electron chi connectivity index (χ1n) is 7.81. The van der Waals surface area contributed by atoms with E-state index in [1.54, 1.807) is 13.8 Å². The predicted molar refractivity (Wildman–Crippen MR) is 85.2 cm³/mol. The number of Topliss-reactive ketones (excluding diaryl/α,β-unsaturated/α-hetero) is 1. The standard InChI is InChI=1S/C17H23NO5/c1-4-5-6-18-15(21)10-22-11-7-12(19)16-13(20)9-17(2,3)23-14(16)8-11/h7-8,19H,4-6,9-10H2,1-3H3,(H,18,21). The van der Waals surface area contributed by atoms with Gasteiger partial charge in [-0.05, 0) is 20.3 Å². The maximum absolute atomic E-state index is 12.1. The van der Waals surface area contributed by atoms with Crippen LogP contribution >= 0.6 is 0 Å². The Morgan fingerprint density at radius 1 is 1.43 bits per heavy atom. The van der Waals surface area contributed by atoms with Crippen LogP contribution in [0.15, 0.2) is 12.1 Å². The Kier molecular flexibility index (Phi) is 5.13. The Bertz CT molecular complexity index is 609. The number of benzene rings is 1. The molecule has 1 aromatic carbocycles. The fraction of sp³-hybridized carbons (Fsp3) is 0.529. The minimum absolute atomic E-state index is 0.153. The lowest BCUT2D eigenvalue weighted by molar-refractivity contribution is -0.123. The van der Waals surface area contributed by atoms with Gasteiger partial charge in [-0.2, -0.15) is 0 Å². The molecule has 0 fully saturated rings. The van der Waals surface area contributed by atoms with E-state index >= 15 is 0 Å². The molecule has 2 rings (SSSR count). The van der Waals surface area contributed by atoms with Gasteiger partial charge in [-0.15, -0.1) is 0 Å². The van der Waals surface area contributed by atoms with E-state index < -0.39 is 5.60 Å². The molecule has 0 atom stereocenters. The van der Waals surface area contributed by atoms with Gasteiger partial charge in [0, 0.05) is 18.7 Å². The monoisotopic (exact) mass is 321 g/mol. The van der Waals surface area contributed by atoms with E-state index in [4.69, 9.17) is 9.47 Å². The molecule has 126 valence electrons. The zero-order valence-electron chi connectivity index (χ0n) is 13.8. The summed E-state index contributed by atoms with van der Waals surface area (Å²) in [6, 6.07) is 2.87. The van der Waals surface area contributed by atoms with Crippen molar-refractivity contribution in [2.24, 2.45) is 0 Å². The van der Waals surface area contributed by atoms with Crippen LogP contribution < -0.4 is 14.8 Å². The number of carbonyl (C=O) groups excluding carboxylic acids is 2. The third kappa shape index (κ3) is 4.37. The first kappa shape index (κ1) is 17.1. The SMILES string of the molecule is CCCCNC(=O)COc1cc(O)c2c(c1)OC(C)(C)CC2=O. The molecule has 1 amide bonds. The van der Waals surface area contributed by atoms with Crippen molar-refractivity contribution in [3.63, 3.8) is 0 Å². The molecule has 0 saturated heterocycles. The number of hydrogen-bond acceptors (Lipinski definition) is 5. The number of ketones is 1. The minimum Gasteiger partial charge on any atom is -0.507 e. The van der Waals surface area contributed by atoms with Crippen molar-refractivity contribution in [3.05, 3.63) is 17.7 Å². The van der Waals surface area contributed by atoms with Gasteiger partial charge in [0.25, 0.3) is 5.91 Å². The van der Waals surface area contributed by atoms with E-state index in [1.165, 1.54) is 12.1 Å². The molecule has 1 aliphatic heterocycles. The number of carbonyl (C=O) groups is 2. The summed E-state index contributed by atoms with van der Waals surface area (Å²) in [4.78, 5) is 23.7. The number of rotatable bonds is 6. The topological polar surface area (TPSA) is 84.9 Å². The van der Waals surface area contributed by atoms with Crippen molar-refractivity contribution in [1.82, 2.24) is 5.32 Å². The van der Waals surface area contributed by atoms with Crippen LogP contribution in [0.1, 0.15) is 50.4 Å². The second-order valence-corrected chi connectivity index (χ2v) is 6.27.